The maximum atomic E-state index is 11.0. The average molecular weight is 306 g/mol. The van der Waals surface area contributed by atoms with E-state index in [9.17, 15) is 4.79 Å². The number of rotatable bonds is 5. The molecule has 16 heavy (non-hydrogen) atoms. The number of aliphatic carboxylic acids is 1. The molecular formula is C11H16BrNO2S. The van der Waals surface area contributed by atoms with Crippen molar-refractivity contribution in [2.75, 3.05) is 0 Å². The van der Waals surface area contributed by atoms with Gasteiger partial charge in [-0.3, -0.25) is 4.79 Å². The van der Waals surface area contributed by atoms with E-state index in [1.54, 1.807) is 11.3 Å². The maximum Gasteiger partial charge on any atom is 0.304 e. The molecule has 0 aliphatic carbocycles. The normalized spacial score (nSPS) is 16.8. The van der Waals surface area contributed by atoms with Crippen LogP contribution in [-0.4, -0.2) is 17.1 Å². The molecule has 1 aromatic heterocycles. The second-order valence-electron chi connectivity index (χ2n) is 4.11. The van der Waals surface area contributed by atoms with E-state index in [1.165, 1.54) is 0 Å². The monoisotopic (exact) mass is 305 g/mol. The molecule has 0 saturated heterocycles. The molecule has 1 rings (SSSR count). The lowest BCUT2D eigenvalue weighted by Gasteiger charge is -2.32. The van der Waals surface area contributed by atoms with Crippen molar-refractivity contribution < 1.29 is 9.90 Å². The molecule has 1 aromatic rings. The Labute approximate surface area is 108 Å². The van der Waals surface area contributed by atoms with E-state index in [4.69, 9.17) is 10.8 Å². The van der Waals surface area contributed by atoms with Crippen LogP contribution in [0.25, 0.3) is 0 Å². The summed E-state index contributed by atoms with van der Waals surface area (Å²) in [7, 11) is 0. The molecule has 0 fully saturated rings. The Morgan fingerprint density at radius 2 is 2.31 bits per heavy atom. The van der Waals surface area contributed by atoms with Crippen LogP contribution >= 0.6 is 27.3 Å². The molecule has 2 atom stereocenters. The summed E-state index contributed by atoms with van der Waals surface area (Å²) in [5.41, 5.74) is 5.58. The molecular weight excluding hydrogens is 290 g/mol. The van der Waals surface area contributed by atoms with Gasteiger partial charge in [0.15, 0.2) is 0 Å². The van der Waals surface area contributed by atoms with E-state index in [0.29, 0.717) is 0 Å². The van der Waals surface area contributed by atoms with Crippen LogP contribution in [-0.2, 0) is 10.2 Å². The van der Waals surface area contributed by atoms with Crippen LogP contribution in [0.2, 0.25) is 0 Å². The van der Waals surface area contributed by atoms with E-state index >= 15 is 0 Å². The lowest BCUT2D eigenvalue weighted by atomic mass is 9.77. The van der Waals surface area contributed by atoms with Gasteiger partial charge in [0.05, 0.1) is 10.2 Å². The van der Waals surface area contributed by atoms with Crippen molar-refractivity contribution in [3.63, 3.8) is 0 Å². The second kappa shape index (κ2) is 5.29. The minimum atomic E-state index is -0.809. The summed E-state index contributed by atoms with van der Waals surface area (Å²) in [5, 5.41) is 9.00. The standard InChI is InChI=1S/C11H16BrNO2S/c1-3-7(13)11(2,6-10(14)15)8-4-5-9(12)16-8/h4-5,7H,3,6,13H2,1-2H3,(H,14,15). The van der Waals surface area contributed by atoms with E-state index < -0.39 is 11.4 Å². The number of thiophene rings is 1. The molecule has 3 N–H and O–H groups in total. The van der Waals surface area contributed by atoms with Crippen molar-refractivity contribution in [3.05, 3.63) is 20.8 Å². The Bertz CT molecular complexity index is 380. The van der Waals surface area contributed by atoms with Gasteiger partial charge in [0, 0.05) is 16.3 Å². The molecule has 0 radical (unpaired) electrons. The van der Waals surface area contributed by atoms with Crippen LogP contribution in [0.1, 0.15) is 31.6 Å². The van der Waals surface area contributed by atoms with Crippen molar-refractivity contribution in [3.8, 4) is 0 Å². The van der Waals surface area contributed by atoms with Gasteiger partial charge >= 0.3 is 5.97 Å². The molecule has 90 valence electrons. The maximum absolute atomic E-state index is 11.0. The fourth-order valence-corrected chi connectivity index (χ4v) is 3.38. The number of hydrogen-bond donors (Lipinski definition) is 2. The molecule has 3 nitrogen and oxygen atoms in total. The Hall–Kier alpha value is -0.390. The first-order chi connectivity index (χ1) is 7.40. The first-order valence-electron chi connectivity index (χ1n) is 5.13. The predicted molar refractivity (Wildman–Crippen MR) is 69.9 cm³/mol. The number of carboxylic acid groups (broad SMARTS) is 1. The highest BCUT2D eigenvalue weighted by Crippen LogP contribution is 2.38. The first kappa shape index (κ1) is 13.7. The molecule has 0 aliphatic rings. The highest BCUT2D eigenvalue weighted by molar-refractivity contribution is 9.11. The van der Waals surface area contributed by atoms with Crippen LogP contribution in [0.4, 0.5) is 0 Å². The number of carboxylic acids is 1. The lowest BCUT2D eigenvalue weighted by molar-refractivity contribution is -0.138. The highest BCUT2D eigenvalue weighted by Gasteiger charge is 2.36. The molecule has 0 amide bonds. The third kappa shape index (κ3) is 2.84. The number of carbonyl (C=O) groups is 1. The molecule has 0 bridgehead atoms. The molecule has 1 heterocycles. The quantitative estimate of drug-likeness (QED) is 0.879. The van der Waals surface area contributed by atoms with E-state index in [2.05, 4.69) is 15.9 Å². The summed E-state index contributed by atoms with van der Waals surface area (Å²) in [6.45, 7) is 3.90. The average Bonchev–Trinajstić information content (AvgIpc) is 2.62. The summed E-state index contributed by atoms with van der Waals surface area (Å²) >= 11 is 4.95. The summed E-state index contributed by atoms with van der Waals surface area (Å²) in [6, 6.07) is 3.74. The molecule has 0 spiro atoms. The minimum absolute atomic E-state index is 0.0644. The third-order valence-corrected chi connectivity index (χ3v) is 4.82. The fourth-order valence-electron chi connectivity index (χ4n) is 1.79. The van der Waals surface area contributed by atoms with Crippen LogP contribution in [0, 0.1) is 0 Å². The zero-order valence-electron chi connectivity index (χ0n) is 9.37. The van der Waals surface area contributed by atoms with Gasteiger partial charge < -0.3 is 10.8 Å². The lowest BCUT2D eigenvalue weighted by Crippen LogP contribution is -2.43. The molecule has 2 unspecified atom stereocenters. The van der Waals surface area contributed by atoms with Gasteiger partial charge in [0.1, 0.15) is 0 Å². The summed E-state index contributed by atoms with van der Waals surface area (Å²) in [6.07, 6.45) is 0.828. The number of halogens is 1. The Balaban J connectivity index is 3.08. The van der Waals surface area contributed by atoms with Gasteiger partial charge in [0.2, 0.25) is 0 Å². The van der Waals surface area contributed by atoms with Crippen molar-refractivity contribution in [1.82, 2.24) is 0 Å². The van der Waals surface area contributed by atoms with E-state index in [-0.39, 0.29) is 12.5 Å². The Morgan fingerprint density at radius 3 is 2.69 bits per heavy atom. The summed E-state index contributed by atoms with van der Waals surface area (Å²) in [5.74, 6) is -0.809. The van der Waals surface area contributed by atoms with Gasteiger partial charge in [-0.2, -0.15) is 0 Å². The highest BCUT2D eigenvalue weighted by atomic mass is 79.9. The third-order valence-electron chi connectivity index (χ3n) is 2.91. The second-order valence-corrected chi connectivity index (χ2v) is 6.57. The van der Waals surface area contributed by atoms with Crippen LogP contribution in [0.5, 0.6) is 0 Å². The van der Waals surface area contributed by atoms with Crippen LogP contribution in [0.15, 0.2) is 15.9 Å². The smallest absolute Gasteiger partial charge is 0.304 e. The zero-order chi connectivity index (χ0) is 12.3. The molecule has 5 heteroatoms. The van der Waals surface area contributed by atoms with Crippen molar-refractivity contribution in [1.29, 1.82) is 0 Å². The number of hydrogen-bond acceptors (Lipinski definition) is 3. The van der Waals surface area contributed by atoms with E-state index in [1.807, 2.05) is 26.0 Å². The largest absolute Gasteiger partial charge is 0.481 e. The van der Waals surface area contributed by atoms with Crippen LogP contribution < -0.4 is 5.73 Å². The number of nitrogens with two attached hydrogens (primary N) is 1. The topological polar surface area (TPSA) is 63.3 Å². The Morgan fingerprint density at radius 1 is 1.69 bits per heavy atom. The van der Waals surface area contributed by atoms with Crippen LogP contribution in [0.3, 0.4) is 0 Å². The van der Waals surface area contributed by atoms with Gasteiger partial charge in [-0.05, 0) is 34.5 Å². The zero-order valence-corrected chi connectivity index (χ0v) is 11.8. The fraction of sp³-hybridized carbons (Fsp3) is 0.545. The summed E-state index contributed by atoms with van der Waals surface area (Å²) in [4.78, 5) is 12.0. The van der Waals surface area contributed by atoms with Crippen molar-refractivity contribution >= 4 is 33.2 Å². The van der Waals surface area contributed by atoms with E-state index in [0.717, 1.165) is 15.1 Å². The van der Waals surface area contributed by atoms with Crippen molar-refractivity contribution in [2.24, 2.45) is 5.73 Å². The first-order valence-corrected chi connectivity index (χ1v) is 6.74. The summed E-state index contributed by atoms with van der Waals surface area (Å²) < 4.78 is 1.00. The SMILES string of the molecule is CCC(N)C(C)(CC(=O)O)c1ccc(Br)s1. The van der Waals surface area contributed by atoms with Gasteiger partial charge in [-0.1, -0.05) is 13.8 Å². The molecule has 0 aromatic carbocycles. The van der Waals surface area contributed by atoms with Gasteiger partial charge in [-0.15, -0.1) is 11.3 Å². The van der Waals surface area contributed by atoms with Gasteiger partial charge in [0.25, 0.3) is 0 Å². The Kier molecular flexibility index (Phi) is 4.52. The van der Waals surface area contributed by atoms with Gasteiger partial charge in [-0.25, -0.2) is 0 Å². The predicted octanol–water partition coefficient (Wildman–Crippen LogP) is 2.98. The minimum Gasteiger partial charge on any atom is -0.481 e. The molecule has 0 aliphatic heterocycles. The van der Waals surface area contributed by atoms with Crippen molar-refractivity contribution in [2.45, 2.75) is 38.1 Å². The molecule has 0 saturated carbocycles.